The van der Waals surface area contributed by atoms with Crippen LogP contribution < -0.4 is 0 Å². The van der Waals surface area contributed by atoms with Crippen LogP contribution in [-0.2, 0) is 23.8 Å². The van der Waals surface area contributed by atoms with Crippen molar-refractivity contribution in [3.05, 3.63) is 0 Å². The van der Waals surface area contributed by atoms with Gasteiger partial charge in [-0.25, -0.2) is 0 Å². The summed E-state index contributed by atoms with van der Waals surface area (Å²) < 4.78 is 16.2. The van der Waals surface area contributed by atoms with Crippen molar-refractivity contribution in [1.29, 1.82) is 0 Å². The molecule has 4 rings (SSSR count). The SMILES string of the molecule is CCC(C)(CC(C)(C)C(=O)OC1CC2CC1C1C3CCC(C3)C21)C(=O)OCOC. The van der Waals surface area contributed by atoms with E-state index in [-0.39, 0.29) is 24.8 Å². The molecule has 8 atom stereocenters. The number of methoxy groups -OCH3 is 1. The summed E-state index contributed by atoms with van der Waals surface area (Å²) in [6.45, 7) is 7.58. The van der Waals surface area contributed by atoms with Gasteiger partial charge in [-0.2, -0.15) is 0 Å². The molecule has 0 aromatic carbocycles. The maximum absolute atomic E-state index is 13.2. The monoisotopic (exact) mass is 406 g/mol. The first-order valence-corrected chi connectivity index (χ1v) is 11.6. The lowest BCUT2D eigenvalue weighted by Gasteiger charge is -2.40. The number of esters is 2. The molecule has 5 heteroatoms. The zero-order valence-corrected chi connectivity index (χ0v) is 18.7. The summed E-state index contributed by atoms with van der Waals surface area (Å²) in [5.41, 5.74) is -1.46. The fraction of sp³-hybridized carbons (Fsp3) is 0.917. The molecule has 4 saturated carbocycles. The number of carbonyl (C=O) groups excluding carboxylic acids is 2. The summed E-state index contributed by atoms with van der Waals surface area (Å²) in [5, 5.41) is 0. The summed E-state index contributed by atoms with van der Waals surface area (Å²) in [5.74, 6) is 4.43. The van der Waals surface area contributed by atoms with Crippen molar-refractivity contribution in [1.82, 2.24) is 0 Å². The highest BCUT2D eigenvalue weighted by Gasteiger charge is 2.63. The van der Waals surface area contributed by atoms with Crippen molar-refractivity contribution in [2.45, 2.75) is 78.7 Å². The van der Waals surface area contributed by atoms with E-state index in [4.69, 9.17) is 14.2 Å². The highest BCUT2D eigenvalue weighted by Crippen LogP contribution is 2.67. The number of hydrogen-bond acceptors (Lipinski definition) is 5. The molecule has 0 heterocycles. The third-order valence-electron chi connectivity index (χ3n) is 8.90. The van der Waals surface area contributed by atoms with Crippen LogP contribution in [0.15, 0.2) is 0 Å². The molecule has 4 fully saturated rings. The Morgan fingerprint density at radius 2 is 1.62 bits per heavy atom. The maximum Gasteiger partial charge on any atom is 0.313 e. The maximum atomic E-state index is 13.2. The molecule has 0 aromatic rings. The lowest BCUT2D eigenvalue weighted by atomic mass is 9.70. The minimum Gasteiger partial charge on any atom is -0.462 e. The highest BCUT2D eigenvalue weighted by atomic mass is 16.7. The van der Waals surface area contributed by atoms with Gasteiger partial charge in [0.05, 0.1) is 10.8 Å². The molecule has 0 radical (unpaired) electrons. The van der Waals surface area contributed by atoms with Crippen LogP contribution in [0.1, 0.15) is 72.6 Å². The summed E-state index contributed by atoms with van der Waals surface area (Å²) in [6.07, 6.45) is 7.66. The van der Waals surface area contributed by atoms with Crippen LogP contribution in [0.4, 0.5) is 0 Å². The van der Waals surface area contributed by atoms with Gasteiger partial charge in [0.1, 0.15) is 6.10 Å². The third kappa shape index (κ3) is 3.51. The second kappa shape index (κ2) is 7.55. The number of ether oxygens (including phenoxy) is 3. The molecule has 4 aliphatic rings. The van der Waals surface area contributed by atoms with Crippen LogP contribution in [-0.4, -0.2) is 31.9 Å². The molecule has 4 bridgehead atoms. The number of rotatable bonds is 8. The van der Waals surface area contributed by atoms with Crippen molar-refractivity contribution in [3.63, 3.8) is 0 Å². The highest BCUT2D eigenvalue weighted by molar-refractivity contribution is 5.80. The van der Waals surface area contributed by atoms with Gasteiger partial charge >= 0.3 is 11.9 Å². The van der Waals surface area contributed by atoms with Crippen molar-refractivity contribution in [2.24, 2.45) is 46.3 Å². The minimum atomic E-state index is -0.731. The van der Waals surface area contributed by atoms with Crippen molar-refractivity contribution in [3.8, 4) is 0 Å². The Bertz CT molecular complexity index is 658. The largest absolute Gasteiger partial charge is 0.462 e. The Kier molecular flexibility index (Phi) is 5.50. The van der Waals surface area contributed by atoms with Gasteiger partial charge in [-0.15, -0.1) is 0 Å². The number of carbonyl (C=O) groups is 2. The van der Waals surface area contributed by atoms with Crippen LogP contribution in [0.3, 0.4) is 0 Å². The summed E-state index contributed by atoms with van der Waals surface area (Å²) >= 11 is 0. The van der Waals surface area contributed by atoms with E-state index >= 15 is 0 Å². The molecule has 164 valence electrons. The number of fused-ring (bicyclic) bond motifs is 9. The average Bonchev–Trinajstić information content (AvgIpc) is 3.44. The lowest BCUT2D eigenvalue weighted by molar-refractivity contribution is -0.173. The minimum absolute atomic E-state index is 0.0604. The van der Waals surface area contributed by atoms with Gasteiger partial charge in [0.15, 0.2) is 6.79 Å². The van der Waals surface area contributed by atoms with E-state index in [1.165, 1.54) is 32.8 Å². The Morgan fingerprint density at radius 3 is 2.28 bits per heavy atom. The first-order chi connectivity index (χ1) is 13.7. The van der Waals surface area contributed by atoms with E-state index in [9.17, 15) is 9.59 Å². The summed E-state index contributed by atoms with van der Waals surface area (Å²) in [6, 6.07) is 0. The molecule has 0 spiro atoms. The van der Waals surface area contributed by atoms with E-state index in [0.29, 0.717) is 18.8 Å². The molecule has 0 N–H and O–H groups in total. The van der Waals surface area contributed by atoms with Crippen LogP contribution in [0.25, 0.3) is 0 Å². The molecular formula is C24H38O5. The van der Waals surface area contributed by atoms with Crippen LogP contribution >= 0.6 is 0 Å². The van der Waals surface area contributed by atoms with Crippen molar-refractivity contribution in [2.75, 3.05) is 13.9 Å². The van der Waals surface area contributed by atoms with Gasteiger partial charge in [0.2, 0.25) is 0 Å². The Hall–Kier alpha value is -1.10. The molecule has 4 aliphatic carbocycles. The van der Waals surface area contributed by atoms with Crippen LogP contribution in [0, 0.1) is 46.3 Å². The van der Waals surface area contributed by atoms with Gasteiger partial charge in [-0.3, -0.25) is 9.59 Å². The fourth-order valence-electron chi connectivity index (χ4n) is 7.61. The Balaban J connectivity index is 1.38. The van der Waals surface area contributed by atoms with Crippen LogP contribution in [0.2, 0.25) is 0 Å². The second-order valence-corrected chi connectivity index (χ2v) is 11.1. The molecule has 8 unspecified atom stereocenters. The smallest absolute Gasteiger partial charge is 0.313 e. The zero-order valence-electron chi connectivity index (χ0n) is 18.7. The van der Waals surface area contributed by atoms with Gasteiger partial charge in [0.25, 0.3) is 0 Å². The first-order valence-electron chi connectivity index (χ1n) is 11.6. The molecular weight excluding hydrogens is 368 g/mol. The Morgan fingerprint density at radius 1 is 0.931 bits per heavy atom. The van der Waals surface area contributed by atoms with E-state index in [1.807, 2.05) is 27.7 Å². The molecule has 0 amide bonds. The normalized spacial score (nSPS) is 39.3. The lowest BCUT2D eigenvalue weighted by Crippen LogP contribution is -2.42. The molecule has 0 aromatic heterocycles. The first kappa shape index (κ1) is 21.1. The van der Waals surface area contributed by atoms with E-state index in [0.717, 1.165) is 36.0 Å². The molecule has 5 nitrogen and oxygen atoms in total. The van der Waals surface area contributed by atoms with Gasteiger partial charge < -0.3 is 14.2 Å². The number of hydrogen-bond donors (Lipinski definition) is 0. The summed E-state index contributed by atoms with van der Waals surface area (Å²) in [4.78, 5) is 25.7. The Labute approximate surface area is 175 Å². The fourth-order valence-corrected chi connectivity index (χ4v) is 7.61. The summed E-state index contributed by atoms with van der Waals surface area (Å²) in [7, 11) is 1.49. The quantitative estimate of drug-likeness (QED) is 0.335. The molecule has 29 heavy (non-hydrogen) atoms. The van der Waals surface area contributed by atoms with E-state index in [1.54, 1.807) is 0 Å². The molecule has 0 saturated heterocycles. The van der Waals surface area contributed by atoms with E-state index < -0.39 is 10.8 Å². The van der Waals surface area contributed by atoms with Crippen molar-refractivity contribution >= 4 is 11.9 Å². The predicted molar refractivity (Wildman–Crippen MR) is 109 cm³/mol. The average molecular weight is 407 g/mol. The zero-order chi connectivity index (χ0) is 21.0. The van der Waals surface area contributed by atoms with Crippen molar-refractivity contribution < 1.29 is 23.8 Å². The van der Waals surface area contributed by atoms with Gasteiger partial charge in [0, 0.05) is 7.11 Å². The second-order valence-electron chi connectivity index (χ2n) is 11.1. The van der Waals surface area contributed by atoms with Gasteiger partial charge in [-0.1, -0.05) is 6.92 Å². The standard InChI is InChI=1S/C24H38O5/c1-6-24(4,22(26)28-13-27-5)12-23(2,3)21(25)29-18-11-16-10-17(18)20-15-8-7-14(9-15)19(16)20/h14-20H,6-13H2,1-5H3. The predicted octanol–water partition coefficient (Wildman–Crippen LogP) is 4.58. The topological polar surface area (TPSA) is 61.8 Å². The van der Waals surface area contributed by atoms with Gasteiger partial charge in [-0.05, 0) is 101 Å². The van der Waals surface area contributed by atoms with E-state index in [2.05, 4.69) is 0 Å². The molecule has 0 aliphatic heterocycles. The third-order valence-corrected chi connectivity index (χ3v) is 8.90. The van der Waals surface area contributed by atoms with Crippen LogP contribution in [0.5, 0.6) is 0 Å².